The van der Waals surface area contributed by atoms with Crippen LogP contribution >= 0.6 is 0 Å². The highest BCUT2D eigenvalue weighted by Crippen LogP contribution is 2.40. The van der Waals surface area contributed by atoms with E-state index < -0.39 is 0 Å². The van der Waals surface area contributed by atoms with Crippen LogP contribution in [0.5, 0.6) is 0 Å². The molecule has 2 fully saturated rings. The van der Waals surface area contributed by atoms with Gasteiger partial charge in [0, 0.05) is 51.0 Å². The highest BCUT2D eigenvalue weighted by molar-refractivity contribution is 5.78. The van der Waals surface area contributed by atoms with Crippen molar-refractivity contribution in [1.82, 2.24) is 25.1 Å². The zero-order chi connectivity index (χ0) is 20.3. The molecular weight excluding hydrogens is 369 g/mol. The number of carbonyl (C=O) groups excluding carboxylic acids is 1. The average molecular weight is 400 g/mol. The standard InChI is InChI=1S/C22H30FN5O/c1-27-12-11-25-21(27)19-14-24-10-13-28(19)15-20(29)26-16-22(8-2-3-9-22)17-4-6-18(23)7-5-17/h4-7,11-12,19,24H,2-3,8-10,13-16H2,1H3,(H,26,29). The van der Waals surface area contributed by atoms with Crippen LogP contribution in [0.3, 0.4) is 0 Å². The minimum atomic E-state index is -0.218. The summed E-state index contributed by atoms with van der Waals surface area (Å²) in [7, 11) is 1.99. The Hall–Kier alpha value is -2.25. The molecule has 1 amide bonds. The number of benzene rings is 1. The molecule has 1 saturated carbocycles. The minimum Gasteiger partial charge on any atom is -0.354 e. The third-order valence-electron chi connectivity index (χ3n) is 6.50. The van der Waals surface area contributed by atoms with Crippen molar-refractivity contribution in [2.24, 2.45) is 7.05 Å². The van der Waals surface area contributed by atoms with E-state index in [4.69, 9.17) is 0 Å². The summed E-state index contributed by atoms with van der Waals surface area (Å²) in [5.74, 6) is 0.799. The van der Waals surface area contributed by atoms with Crippen molar-refractivity contribution in [1.29, 1.82) is 0 Å². The highest BCUT2D eigenvalue weighted by Gasteiger charge is 2.36. The number of aryl methyl sites for hydroxylation is 1. The number of imidazole rings is 1. The fraction of sp³-hybridized carbons (Fsp3) is 0.545. The Morgan fingerprint density at radius 2 is 2.07 bits per heavy atom. The quantitative estimate of drug-likeness (QED) is 0.781. The molecule has 1 aliphatic heterocycles. The van der Waals surface area contributed by atoms with Crippen LogP contribution in [0.2, 0.25) is 0 Å². The van der Waals surface area contributed by atoms with Crippen molar-refractivity contribution in [3.63, 3.8) is 0 Å². The summed E-state index contributed by atoms with van der Waals surface area (Å²) in [5, 5.41) is 6.59. The van der Waals surface area contributed by atoms with Crippen molar-refractivity contribution in [3.8, 4) is 0 Å². The van der Waals surface area contributed by atoms with Gasteiger partial charge in [0.2, 0.25) is 5.91 Å². The van der Waals surface area contributed by atoms with Gasteiger partial charge in [-0.2, -0.15) is 0 Å². The van der Waals surface area contributed by atoms with E-state index in [2.05, 4.69) is 20.5 Å². The fourth-order valence-electron chi connectivity index (χ4n) is 4.82. The van der Waals surface area contributed by atoms with Crippen LogP contribution < -0.4 is 10.6 Å². The average Bonchev–Trinajstić information content (AvgIpc) is 3.37. The number of hydrogen-bond donors (Lipinski definition) is 2. The van der Waals surface area contributed by atoms with E-state index in [-0.39, 0.29) is 23.2 Å². The second kappa shape index (κ2) is 8.63. The summed E-state index contributed by atoms with van der Waals surface area (Å²) in [6, 6.07) is 6.89. The largest absolute Gasteiger partial charge is 0.354 e. The van der Waals surface area contributed by atoms with Gasteiger partial charge in [0.15, 0.2) is 0 Å². The molecule has 2 heterocycles. The maximum absolute atomic E-state index is 13.4. The normalized spacial score (nSPS) is 21.9. The Kier molecular flexibility index (Phi) is 5.96. The fourth-order valence-corrected chi connectivity index (χ4v) is 4.82. The third kappa shape index (κ3) is 4.36. The molecule has 156 valence electrons. The lowest BCUT2D eigenvalue weighted by atomic mass is 9.79. The summed E-state index contributed by atoms with van der Waals surface area (Å²) in [6.07, 6.45) is 8.09. The lowest BCUT2D eigenvalue weighted by Crippen LogP contribution is -2.51. The van der Waals surface area contributed by atoms with Crippen LogP contribution in [0.1, 0.15) is 43.1 Å². The summed E-state index contributed by atoms with van der Waals surface area (Å²) in [5.41, 5.74) is 1.05. The molecule has 1 unspecified atom stereocenters. The minimum absolute atomic E-state index is 0.0412. The van der Waals surface area contributed by atoms with Crippen LogP contribution in [0.4, 0.5) is 4.39 Å². The molecule has 7 heteroatoms. The second-order valence-corrected chi connectivity index (χ2v) is 8.36. The van der Waals surface area contributed by atoms with Crippen LogP contribution in [0, 0.1) is 5.82 Å². The molecule has 2 aliphatic rings. The number of nitrogens with zero attached hydrogens (tertiary/aromatic N) is 3. The lowest BCUT2D eigenvalue weighted by Gasteiger charge is -2.36. The van der Waals surface area contributed by atoms with Gasteiger partial charge in [0.05, 0.1) is 12.6 Å². The molecule has 0 bridgehead atoms. The number of hydrogen-bond acceptors (Lipinski definition) is 4. The van der Waals surface area contributed by atoms with Crippen molar-refractivity contribution < 1.29 is 9.18 Å². The Balaban J connectivity index is 1.40. The molecule has 4 rings (SSSR count). The molecule has 29 heavy (non-hydrogen) atoms. The highest BCUT2D eigenvalue weighted by atomic mass is 19.1. The van der Waals surface area contributed by atoms with Gasteiger partial charge in [0.25, 0.3) is 0 Å². The molecule has 1 atom stereocenters. The molecule has 0 spiro atoms. The van der Waals surface area contributed by atoms with E-state index in [0.717, 1.165) is 56.7 Å². The molecule has 1 aromatic carbocycles. The van der Waals surface area contributed by atoms with Gasteiger partial charge in [0.1, 0.15) is 11.6 Å². The number of amides is 1. The Labute approximate surface area is 171 Å². The summed E-state index contributed by atoms with van der Waals surface area (Å²) in [6.45, 7) is 3.44. The topological polar surface area (TPSA) is 62.2 Å². The summed E-state index contributed by atoms with van der Waals surface area (Å²) in [4.78, 5) is 19.5. The number of rotatable bonds is 6. The van der Waals surface area contributed by atoms with Crippen molar-refractivity contribution in [2.45, 2.75) is 37.1 Å². The Morgan fingerprint density at radius 3 is 2.76 bits per heavy atom. The monoisotopic (exact) mass is 399 g/mol. The molecule has 6 nitrogen and oxygen atoms in total. The lowest BCUT2D eigenvalue weighted by molar-refractivity contribution is -0.123. The third-order valence-corrected chi connectivity index (χ3v) is 6.50. The van der Waals surface area contributed by atoms with Gasteiger partial charge in [-0.15, -0.1) is 0 Å². The van der Waals surface area contributed by atoms with Gasteiger partial charge >= 0.3 is 0 Å². The summed E-state index contributed by atoms with van der Waals surface area (Å²) < 4.78 is 15.4. The molecule has 1 aliphatic carbocycles. The van der Waals surface area contributed by atoms with Crippen LogP contribution in [-0.2, 0) is 17.3 Å². The first-order valence-electron chi connectivity index (χ1n) is 10.5. The van der Waals surface area contributed by atoms with Crippen LogP contribution in [-0.4, -0.2) is 53.1 Å². The molecule has 1 aromatic heterocycles. The molecule has 2 N–H and O–H groups in total. The Bertz CT molecular complexity index is 828. The molecule has 1 saturated heterocycles. The smallest absolute Gasteiger partial charge is 0.234 e. The number of nitrogens with one attached hydrogen (secondary N) is 2. The van der Waals surface area contributed by atoms with E-state index in [1.54, 1.807) is 6.20 Å². The predicted octanol–water partition coefficient (Wildman–Crippen LogP) is 2.13. The SMILES string of the molecule is Cn1ccnc1C1CNCCN1CC(=O)NCC1(c2ccc(F)cc2)CCCC1. The Morgan fingerprint density at radius 1 is 1.31 bits per heavy atom. The van der Waals surface area contributed by atoms with E-state index in [1.807, 2.05) is 29.9 Å². The zero-order valence-electron chi connectivity index (χ0n) is 17.0. The van der Waals surface area contributed by atoms with Crippen molar-refractivity contribution in [3.05, 3.63) is 53.9 Å². The van der Waals surface area contributed by atoms with Gasteiger partial charge in [-0.1, -0.05) is 25.0 Å². The van der Waals surface area contributed by atoms with Gasteiger partial charge in [-0.25, -0.2) is 9.37 Å². The van der Waals surface area contributed by atoms with Crippen molar-refractivity contribution in [2.75, 3.05) is 32.7 Å². The van der Waals surface area contributed by atoms with Crippen LogP contribution in [0.25, 0.3) is 0 Å². The van der Waals surface area contributed by atoms with E-state index in [1.165, 1.54) is 12.1 Å². The molecular formula is C22H30FN5O. The van der Waals surface area contributed by atoms with Crippen LogP contribution in [0.15, 0.2) is 36.7 Å². The number of aromatic nitrogens is 2. The maximum atomic E-state index is 13.4. The molecule has 0 radical (unpaired) electrons. The van der Waals surface area contributed by atoms with E-state index in [0.29, 0.717) is 13.1 Å². The number of piperazine rings is 1. The first-order valence-corrected chi connectivity index (χ1v) is 10.5. The zero-order valence-corrected chi connectivity index (χ0v) is 17.0. The van der Waals surface area contributed by atoms with Crippen molar-refractivity contribution >= 4 is 5.91 Å². The van der Waals surface area contributed by atoms with E-state index >= 15 is 0 Å². The number of halogens is 1. The first-order chi connectivity index (χ1) is 14.1. The predicted molar refractivity (Wildman–Crippen MR) is 110 cm³/mol. The second-order valence-electron chi connectivity index (χ2n) is 8.36. The van der Waals surface area contributed by atoms with Gasteiger partial charge in [-0.3, -0.25) is 9.69 Å². The van der Waals surface area contributed by atoms with E-state index in [9.17, 15) is 9.18 Å². The summed E-state index contributed by atoms with van der Waals surface area (Å²) >= 11 is 0. The van der Waals surface area contributed by atoms with Gasteiger partial charge < -0.3 is 15.2 Å². The number of carbonyl (C=O) groups is 1. The molecule has 2 aromatic rings. The maximum Gasteiger partial charge on any atom is 0.234 e. The first kappa shape index (κ1) is 20.0. The van der Waals surface area contributed by atoms with Gasteiger partial charge in [-0.05, 0) is 30.5 Å².